The van der Waals surface area contributed by atoms with Crippen LogP contribution in [0.4, 0.5) is 0 Å². The van der Waals surface area contributed by atoms with Crippen molar-refractivity contribution in [2.75, 3.05) is 6.26 Å². The predicted molar refractivity (Wildman–Crippen MR) is 83.4 cm³/mol. The summed E-state index contributed by atoms with van der Waals surface area (Å²) in [5, 5.41) is 0.711. The lowest BCUT2D eigenvalue weighted by Gasteiger charge is -2.26. The summed E-state index contributed by atoms with van der Waals surface area (Å²) in [5.41, 5.74) is 1.69. The van der Waals surface area contributed by atoms with E-state index in [0.717, 1.165) is 11.3 Å². The predicted octanol–water partition coefficient (Wildman–Crippen LogP) is 2.95. The summed E-state index contributed by atoms with van der Waals surface area (Å²) < 4.78 is 14.9. The van der Waals surface area contributed by atoms with Gasteiger partial charge in [0.15, 0.2) is 5.16 Å². The molecule has 0 amide bonds. The minimum atomic E-state index is -1.13. The van der Waals surface area contributed by atoms with Gasteiger partial charge in [-0.1, -0.05) is 18.3 Å². The van der Waals surface area contributed by atoms with Crippen molar-refractivity contribution in [3.63, 3.8) is 0 Å². The molecule has 1 N–H and O–H groups in total. The van der Waals surface area contributed by atoms with Crippen molar-refractivity contribution < 1.29 is 4.55 Å². The van der Waals surface area contributed by atoms with Crippen molar-refractivity contribution >= 4 is 29.2 Å². The van der Waals surface area contributed by atoms with E-state index in [1.165, 1.54) is 11.8 Å². The zero-order chi connectivity index (χ0) is 14.6. The summed E-state index contributed by atoms with van der Waals surface area (Å²) >= 11 is 0.356. The molecule has 0 aliphatic heterocycles. The molecule has 0 saturated carbocycles. The fourth-order valence-electron chi connectivity index (χ4n) is 1.38. The van der Waals surface area contributed by atoms with E-state index >= 15 is 0 Å². The first kappa shape index (κ1) is 16.5. The SMILES string of the molecule is C=Cc1nc(SC)ncc1C(C)N[S+]([O-])C(C)(C)C. The second kappa shape index (κ2) is 6.74. The van der Waals surface area contributed by atoms with E-state index in [1.54, 1.807) is 12.3 Å². The Labute approximate surface area is 122 Å². The molecule has 0 spiro atoms. The molecule has 2 unspecified atom stereocenters. The third kappa shape index (κ3) is 4.49. The zero-order valence-electron chi connectivity index (χ0n) is 12.1. The monoisotopic (exact) mass is 299 g/mol. The molecule has 1 aromatic rings. The van der Waals surface area contributed by atoms with Gasteiger partial charge in [-0.05, 0) is 40.0 Å². The summed E-state index contributed by atoms with van der Waals surface area (Å²) in [6.45, 7) is 11.5. The first-order valence-electron chi connectivity index (χ1n) is 6.01. The number of thioether (sulfide) groups is 1. The third-order valence-corrected chi connectivity index (χ3v) is 4.75. The number of aromatic nitrogens is 2. The molecule has 6 heteroatoms. The average Bonchev–Trinajstić information content (AvgIpc) is 2.36. The molecule has 106 valence electrons. The van der Waals surface area contributed by atoms with Gasteiger partial charge in [0, 0.05) is 23.1 Å². The van der Waals surface area contributed by atoms with Gasteiger partial charge in [0.05, 0.1) is 11.7 Å². The second-order valence-corrected chi connectivity index (χ2v) is 7.89. The maximum absolute atomic E-state index is 12.1. The van der Waals surface area contributed by atoms with E-state index in [1.807, 2.05) is 34.0 Å². The summed E-state index contributed by atoms with van der Waals surface area (Å²) in [6, 6.07) is -0.0936. The summed E-state index contributed by atoms with van der Waals surface area (Å²) in [5.74, 6) is 0. The number of rotatable bonds is 5. The Morgan fingerprint density at radius 2 is 2.16 bits per heavy atom. The van der Waals surface area contributed by atoms with Crippen LogP contribution in [0.2, 0.25) is 0 Å². The smallest absolute Gasteiger partial charge is 0.187 e. The van der Waals surface area contributed by atoms with Crippen LogP contribution in [0.3, 0.4) is 0 Å². The van der Waals surface area contributed by atoms with Crippen molar-refractivity contribution in [2.24, 2.45) is 0 Å². The lowest BCUT2D eigenvalue weighted by atomic mass is 10.1. The van der Waals surface area contributed by atoms with E-state index in [0.29, 0.717) is 5.16 Å². The number of hydrogen-bond acceptors (Lipinski definition) is 5. The molecule has 0 aromatic carbocycles. The minimum Gasteiger partial charge on any atom is -0.598 e. The molecule has 0 aliphatic carbocycles. The molecule has 0 saturated heterocycles. The molecule has 1 aromatic heterocycles. The molecular weight excluding hydrogens is 278 g/mol. The van der Waals surface area contributed by atoms with E-state index in [9.17, 15) is 4.55 Å². The quantitative estimate of drug-likeness (QED) is 0.514. The van der Waals surface area contributed by atoms with Crippen LogP contribution in [0, 0.1) is 0 Å². The minimum absolute atomic E-state index is 0.0936. The molecule has 1 heterocycles. The molecule has 0 fully saturated rings. The van der Waals surface area contributed by atoms with Gasteiger partial charge in [0.2, 0.25) is 0 Å². The molecule has 19 heavy (non-hydrogen) atoms. The van der Waals surface area contributed by atoms with Crippen LogP contribution < -0.4 is 4.72 Å². The maximum atomic E-state index is 12.1. The normalized spacial score (nSPS) is 15.1. The van der Waals surface area contributed by atoms with E-state index in [-0.39, 0.29) is 10.8 Å². The van der Waals surface area contributed by atoms with Gasteiger partial charge < -0.3 is 4.55 Å². The molecule has 0 bridgehead atoms. The Balaban J connectivity index is 2.93. The van der Waals surface area contributed by atoms with Crippen molar-refractivity contribution in [1.82, 2.24) is 14.7 Å². The van der Waals surface area contributed by atoms with E-state index < -0.39 is 11.4 Å². The summed E-state index contributed by atoms with van der Waals surface area (Å²) in [7, 11) is 0. The number of nitrogens with zero attached hydrogens (tertiary/aromatic N) is 2. The third-order valence-electron chi connectivity index (χ3n) is 2.51. The molecule has 0 radical (unpaired) electrons. The maximum Gasteiger partial charge on any atom is 0.187 e. The van der Waals surface area contributed by atoms with E-state index in [2.05, 4.69) is 21.3 Å². The Morgan fingerprint density at radius 1 is 1.53 bits per heavy atom. The van der Waals surface area contributed by atoms with Gasteiger partial charge >= 0.3 is 0 Å². The van der Waals surface area contributed by atoms with Gasteiger partial charge in [-0.25, -0.2) is 9.97 Å². The van der Waals surface area contributed by atoms with Crippen LogP contribution in [-0.4, -0.2) is 25.5 Å². The molecule has 1 rings (SSSR count). The van der Waals surface area contributed by atoms with Crippen LogP contribution in [0.1, 0.15) is 45.0 Å². The summed E-state index contributed by atoms with van der Waals surface area (Å²) in [6.07, 6.45) is 5.40. The van der Waals surface area contributed by atoms with Gasteiger partial charge in [-0.3, -0.25) is 0 Å². The fraction of sp³-hybridized carbons (Fsp3) is 0.538. The van der Waals surface area contributed by atoms with Crippen molar-refractivity contribution in [2.45, 2.75) is 43.6 Å². The second-order valence-electron chi connectivity index (χ2n) is 5.12. The van der Waals surface area contributed by atoms with Crippen LogP contribution >= 0.6 is 11.8 Å². The zero-order valence-corrected chi connectivity index (χ0v) is 13.7. The highest BCUT2D eigenvalue weighted by Crippen LogP contribution is 2.22. The molecular formula is C13H21N3OS2. The highest BCUT2D eigenvalue weighted by atomic mass is 32.2. The van der Waals surface area contributed by atoms with Crippen LogP contribution in [0.25, 0.3) is 6.08 Å². The number of nitrogens with one attached hydrogen (secondary N) is 1. The Kier molecular flexibility index (Phi) is 5.85. The first-order valence-corrected chi connectivity index (χ1v) is 8.38. The average molecular weight is 299 g/mol. The lowest BCUT2D eigenvalue weighted by molar-refractivity contribution is 0.530. The van der Waals surface area contributed by atoms with Gasteiger partial charge in [-0.15, -0.1) is 4.72 Å². The highest BCUT2D eigenvalue weighted by Gasteiger charge is 2.29. The largest absolute Gasteiger partial charge is 0.598 e. The number of hydrogen-bond donors (Lipinski definition) is 1. The van der Waals surface area contributed by atoms with Crippen molar-refractivity contribution in [3.8, 4) is 0 Å². The van der Waals surface area contributed by atoms with Crippen molar-refractivity contribution in [1.29, 1.82) is 0 Å². The van der Waals surface area contributed by atoms with Gasteiger partial charge in [0.1, 0.15) is 4.75 Å². The fourth-order valence-corrected chi connectivity index (χ4v) is 2.53. The highest BCUT2D eigenvalue weighted by molar-refractivity contribution is 7.98. The van der Waals surface area contributed by atoms with E-state index in [4.69, 9.17) is 0 Å². The Bertz CT molecular complexity index is 446. The van der Waals surface area contributed by atoms with Crippen LogP contribution in [-0.2, 0) is 11.4 Å². The molecule has 0 aliphatic rings. The van der Waals surface area contributed by atoms with Gasteiger partial charge in [0.25, 0.3) is 0 Å². The first-order chi connectivity index (χ1) is 8.79. The lowest BCUT2D eigenvalue weighted by Crippen LogP contribution is -2.40. The summed E-state index contributed by atoms with van der Waals surface area (Å²) in [4.78, 5) is 8.66. The van der Waals surface area contributed by atoms with Gasteiger partial charge in [-0.2, -0.15) is 0 Å². The Morgan fingerprint density at radius 3 is 2.63 bits per heavy atom. The standard InChI is InChI=1S/C13H21N3OS2/c1-7-11-10(8-14-12(15-11)18-6)9(2)16-19(17)13(3,4)5/h7-9,16H,1H2,2-6H3. The van der Waals surface area contributed by atoms with Crippen LogP contribution in [0.5, 0.6) is 0 Å². The topological polar surface area (TPSA) is 60.9 Å². The molecule has 2 atom stereocenters. The van der Waals surface area contributed by atoms with Crippen LogP contribution in [0.15, 0.2) is 17.9 Å². The molecule has 4 nitrogen and oxygen atoms in total. The van der Waals surface area contributed by atoms with Crippen molar-refractivity contribution in [3.05, 3.63) is 24.0 Å². The Hall–Kier alpha value is -0.560.